The van der Waals surface area contributed by atoms with Gasteiger partial charge in [0.2, 0.25) is 18.2 Å². The summed E-state index contributed by atoms with van der Waals surface area (Å²) >= 11 is 0. The van der Waals surface area contributed by atoms with Gasteiger partial charge in [0.25, 0.3) is 0 Å². The lowest BCUT2D eigenvalue weighted by Crippen LogP contribution is -2.48. The van der Waals surface area contributed by atoms with Gasteiger partial charge in [-0.2, -0.15) is 0 Å². The van der Waals surface area contributed by atoms with E-state index in [0.29, 0.717) is 44.2 Å². The highest BCUT2D eigenvalue weighted by atomic mass is 16.5. The lowest BCUT2D eigenvalue weighted by Gasteiger charge is -2.32. The first kappa shape index (κ1) is 18.6. The van der Waals surface area contributed by atoms with E-state index in [2.05, 4.69) is 5.32 Å². The quantitative estimate of drug-likeness (QED) is 0.553. The van der Waals surface area contributed by atoms with Crippen LogP contribution in [0.1, 0.15) is 12.0 Å². The third-order valence-electron chi connectivity index (χ3n) is 4.07. The summed E-state index contributed by atoms with van der Waals surface area (Å²) in [6, 6.07) is 5.36. The van der Waals surface area contributed by atoms with E-state index < -0.39 is 0 Å². The number of carbonyl (C=O) groups is 3. The molecule has 0 unspecified atom stereocenters. The number of rotatable bonds is 7. The van der Waals surface area contributed by atoms with Gasteiger partial charge in [0.05, 0.1) is 14.2 Å². The number of methoxy groups -OCH3 is 2. The molecule has 1 aromatic carbocycles. The van der Waals surface area contributed by atoms with E-state index >= 15 is 0 Å². The molecule has 8 nitrogen and oxygen atoms in total. The number of benzene rings is 1. The zero-order valence-electron chi connectivity index (χ0n) is 14.5. The largest absolute Gasteiger partial charge is 0.493 e. The average Bonchev–Trinajstić information content (AvgIpc) is 2.66. The standard InChI is InChI=1S/C17H23N3O5/c1-24-14-4-3-13(9-15(14)25-2)11-18-16(22)10-17(23)20-7-5-19(12-21)6-8-20/h3-4,9,12H,5-8,10-11H2,1-2H3,(H,18,22). The summed E-state index contributed by atoms with van der Waals surface area (Å²) in [6.45, 7) is 2.22. The van der Waals surface area contributed by atoms with Crippen molar-refractivity contribution in [3.05, 3.63) is 23.8 Å². The van der Waals surface area contributed by atoms with Gasteiger partial charge in [0.15, 0.2) is 11.5 Å². The summed E-state index contributed by atoms with van der Waals surface area (Å²) in [7, 11) is 3.10. The minimum absolute atomic E-state index is 0.200. The molecule has 1 aliphatic heterocycles. The fourth-order valence-electron chi connectivity index (χ4n) is 2.58. The van der Waals surface area contributed by atoms with Crippen molar-refractivity contribution >= 4 is 18.2 Å². The predicted molar refractivity (Wildman–Crippen MR) is 90.2 cm³/mol. The molecule has 136 valence electrons. The van der Waals surface area contributed by atoms with E-state index in [1.54, 1.807) is 36.2 Å². The van der Waals surface area contributed by atoms with Crippen LogP contribution in [-0.4, -0.2) is 68.4 Å². The second-order valence-electron chi connectivity index (χ2n) is 5.67. The fourth-order valence-corrected chi connectivity index (χ4v) is 2.58. The maximum absolute atomic E-state index is 12.1. The summed E-state index contributed by atoms with van der Waals surface area (Å²) in [4.78, 5) is 38.0. The van der Waals surface area contributed by atoms with Crippen molar-refractivity contribution in [2.24, 2.45) is 0 Å². The molecule has 3 amide bonds. The molecule has 0 atom stereocenters. The van der Waals surface area contributed by atoms with E-state index in [1.165, 1.54) is 0 Å². The van der Waals surface area contributed by atoms with Crippen LogP contribution >= 0.6 is 0 Å². The molecule has 0 aromatic heterocycles. The lowest BCUT2D eigenvalue weighted by atomic mass is 10.2. The molecule has 1 fully saturated rings. The second-order valence-corrected chi connectivity index (χ2v) is 5.67. The van der Waals surface area contributed by atoms with Gasteiger partial charge in [-0.05, 0) is 17.7 Å². The van der Waals surface area contributed by atoms with Crippen LogP contribution in [0.2, 0.25) is 0 Å². The number of amides is 3. The van der Waals surface area contributed by atoms with E-state index in [-0.39, 0.29) is 18.2 Å². The van der Waals surface area contributed by atoms with Crippen molar-refractivity contribution in [3.8, 4) is 11.5 Å². The Hall–Kier alpha value is -2.77. The molecule has 1 saturated heterocycles. The molecule has 1 aromatic rings. The topological polar surface area (TPSA) is 88.2 Å². The molecule has 1 heterocycles. The lowest BCUT2D eigenvalue weighted by molar-refractivity contribution is -0.139. The minimum Gasteiger partial charge on any atom is -0.493 e. The number of ether oxygens (including phenoxy) is 2. The van der Waals surface area contributed by atoms with Gasteiger partial charge in [-0.25, -0.2) is 0 Å². The Morgan fingerprint density at radius 3 is 2.40 bits per heavy atom. The second kappa shape index (κ2) is 8.91. The van der Waals surface area contributed by atoms with E-state index in [1.807, 2.05) is 6.07 Å². The Bertz CT molecular complexity index is 627. The molecule has 1 aliphatic rings. The molecule has 1 N–H and O–H groups in total. The first-order chi connectivity index (χ1) is 12.1. The maximum atomic E-state index is 12.1. The molecule has 8 heteroatoms. The van der Waals surface area contributed by atoms with Gasteiger partial charge in [-0.15, -0.1) is 0 Å². The van der Waals surface area contributed by atoms with Crippen molar-refractivity contribution in [2.45, 2.75) is 13.0 Å². The minimum atomic E-state index is -0.336. The summed E-state index contributed by atoms with van der Waals surface area (Å²) in [5, 5.41) is 2.73. The zero-order chi connectivity index (χ0) is 18.2. The van der Waals surface area contributed by atoms with Crippen molar-refractivity contribution in [1.82, 2.24) is 15.1 Å². The Morgan fingerprint density at radius 2 is 1.80 bits per heavy atom. The van der Waals surface area contributed by atoms with Crippen LogP contribution in [0.25, 0.3) is 0 Å². The first-order valence-corrected chi connectivity index (χ1v) is 8.02. The Balaban J connectivity index is 1.80. The van der Waals surface area contributed by atoms with Gasteiger partial charge in [0, 0.05) is 32.7 Å². The molecule has 0 aliphatic carbocycles. The number of hydrogen-bond donors (Lipinski definition) is 1. The summed E-state index contributed by atoms with van der Waals surface area (Å²) in [6.07, 6.45) is 0.575. The highest BCUT2D eigenvalue weighted by molar-refractivity contribution is 5.96. The third-order valence-corrected chi connectivity index (χ3v) is 4.07. The molecule has 2 rings (SSSR count). The van der Waals surface area contributed by atoms with Crippen LogP contribution in [0.5, 0.6) is 11.5 Å². The highest BCUT2D eigenvalue weighted by Crippen LogP contribution is 2.27. The van der Waals surface area contributed by atoms with Crippen LogP contribution in [0.15, 0.2) is 18.2 Å². The summed E-state index contributed by atoms with van der Waals surface area (Å²) < 4.78 is 10.4. The van der Waals surface area contributed by atoms with Gasteiger partial charge < -0.3 is 24.6 Å². The average molecular weight is 349 g/mol. The summed E-state index contributed by atoms with van der Waals surface area (Å²) in [5.74, 6) is 0.633. The highest BCUT2D eigenvalue weighted by Gasteiger charge is 2.21. The third kappa shape index (κ3) is 5.10. The molecule has 0 radical (unpaired) electrons. The molecule has 25 heavy (non-hydrogen) atoms. The van der Waals surface area contributed by atoms with Crippen molar-refractivity contribution in [2.75, 3.05) is 40.4 Å². The van der Waals surface area contributed by atoms with Crippen LogP contribution in [-0.2, 0) is 20.9 Å². The fraction of sp³-hybridized carbons (Fsp3) is 0.471. The Kier molecular flexibility index (Phi) is 6.62. The van der Waals surface area contributed by atoms with Crippen LogP contribution in [0.3, 0.4) is 0 Å². The predicted octanol–water partition coefficient (Wildman–Crippen LogP) is 0.0107. The molecule has 0 saturated carbocycles. The van der Waals surface area contributed by atoms with Gasteiger partial charge in [0.1, 0.15) is 6.42 Å². The van der Waals surface area contributed by atoms with Crippen LogP contribution in [0.4, 0.5) is 0 Å². The number of carbonyl (C=O) groups excluding carboxylic acids is 3. The Morgan fingerprint density at radius 1 is 1.12 bits per heavy atom. The number of nitrogens with one attached hydrogen (secondary N) is 1. The van der Waals surface area contributed by atoms with Gasteiger partial charge in [-0.3, -0.25) is 14.4 Å². The monoisotopic (exact) mass is 349 g/mol. The van der Waals surface area contributed by atoms with Crippen LogP contribution < -0.4 is 14.8 Å². The number of hydrogen-bond acceptors (Lipinski definition) is 5. The zero-order valence-corrected chi connectivity index (χ0v) is 14.5. The van der Waals surface area contributed by atoms with E-state index in [4.69, 9.17) is 9.47 Å². The first-order valence-electron chi connectivity index (χ1n) is 8.02. The van der Waals surface area contributed by atoms with E-state index in [0.717, 1.165) is 12.0 Å². The molecular formula is C17H23N3O5. The number of nitrogens with zero attached hydrogens (tertiary/aromatic N) is 2. The Labute approximate surface area is 146 Å². The maximum Gasteiger partial charge on any atom is 0.232 e. The molecule has 0 bridgehead atoms. The van der Waals surface area contributed by atoms with Gasteiger partial charge in [-0.1, -0.05) is 6.07 Å². The van der Waals surface area contributed by atoms with Crippen LogP contribution in [0, 0.1) is 0 Å². The van der Waals surface area contributed by atoms with Crippen molar-refractivity contribution in [1.29, 1.82) is 0 Å². The smallest absolute Gasteiger partial charge is 0.232 e. The number of piperazine rings is 1. The van der Waals surface area contributed by atoms with Crippen molar-refractivity contribution in [3.63, 3.8) is 0 Å². The van der Waals surface area contributed by atoms with E-state index in [9.17, 15) is 14.4 Å². The molecule has 0 spiro atoms. The normalized spacial score (nSPS) is 14.0. The van der Waals surface area contributed by atoms with Gasteiger partial charge >= 0.3 is 0 Å². The summed E-state index contributed by atoms with van der Waals surface area (Å²) in [5.41, 5.74) is 0.845. The van der Waals surface area contributed by atoms with Crippen molar-refractivity contribution < 1.29 is 23.9 Å². The SMILES string of the molecule is COc1ccc(CNC(=O)CC(=O)N2CCN(C=O)CC2)cc1OC. The molecular weight excluding hydrogens is 326 g/mol.